The summed E-state index contributed by atoms with van der Waals surface area (Å²) in [4.78, 5) is 1.33. The Hall–Kier alpha value is -0.540. The van der Waals surface area contributed by atoms with Crippen LogP contribution in [0, 0.1) is 6.92 Å². The molecule has 0 fully saturated rings. The first-order valence-corrected chi connectivity index (χ1v) is 7.96. The Morgan fingerprint density at radius 1 is 1.26 bits per heavy atom. The molecule has 2 rings (SSSR count). The molecule has 1 aromatic carbocycles. The summed E-state index contributed by atoms with van der Waals surface area (Å²) in [5, 5.41) is 7.15. The number of halogens is 2. The van der Waals surface area contributed by atoms with Gasteiger partial charge in [-0.15, -0.1) is 11.3 Å². The standard InChI is InChI=1S/C15H17Cl2NS/c1-3-18-15(12-6-10(2)19-9-12)7-11-4-5-13(16)8-14(11)17/h4-6,8-9,15,18H,3,7H2,1-2H3. The molecule has 0 aliphatic rings. The van der Waals surface area contributed by atoms with Crippen LogP contribution in [0.3, 0.4) is 0 Å². The van der Waals surface area contributed by atoms with E-state index in [1.165, 1.54) is 10.4 Å². The van der Waals surface area contributed by atoms with E-state index in [4.69, 9.17) is 23.2 Å². The zero-order valence-electron chi connectivity index (χ0n) is 11.0. The lowest BCUT2D eigenvalue weighted by Crippen LogP contribution is -2.22. The zero-order chi connectivity index (χ0) is 13.8. The number of aryl methyl sites for hydroxylation is 1. The Labute approximate surface area is 128 Å². The van der Waals surface area contributed by atoms with E-state index in [0.29, 0.717) is 11.1 Å². The van der Waals surface area contributed by atoms with Crippen molar-refractivity contribution in [1.29, 1.82) is 0 Å². The van der Waals surface area contributed by atoms with Crippen molar-refractivity contribution in [3.63, 3.8) is 0 Å². The van der Waals surface area contributed by atoms with E-state index in [1.807, 2.05) is 12.1 Å². The van der Waals surface area contributed by atoms with E-state index in [1.54, 1.807) is 17.4 Å². The van der Waals surface area contributed by atoms with Gasteiger partial charge < -0.3 is 5.32 Å². The molecule has 0 spiro atoms. The van der Waals surface area contributed by atoms with Crippen molar-refractivity contribution in [2.75, 3.05) is 6.54 Å². The van der Waals surface area contributed by atoms with Gasteiger partial charge in [0.15, 0.2) is 0 Å². The summed E-state index contributed by atoms with van der Waals surface area (Å²) < 4.78 is 0. The number of hydrogen-bond acceptors (Lipinski definition) is 2. The molecule has 4 heteroatoms. The van der Waals surface area contributed by atoms with E-state index >= 15 is 0 Å². The summed E-state index contributed by atoms with van der Waals surface area (Å²) in [6.07, 6.45) is 0.875. The van der Waals surface area contributed by atoms with Gasteiger partial charge in [0.1, 0.15) is 0 Å². The largest absolute Gasteiger partial charge is 0.310 e. The van der Waals surface area contributed by atoms with Crippen LogP contribution in [0.15, 0.2) is 29.6 Å². The SMILES string of the molecule is CCNC(Cc1ccc(Cl)cc1Cl)c1csc(C)c1. The second kappa shape index (κ2) is 6.76. The van der Waals surface area contributed by atoms with E-state index in [2.05, 4.69) is 30.6 Å². The van der Waals surface area contributed by atoms with Crippen LogP contribution >= 0.6 is 34.5 Å². The van der Waals surface area contributed by atoms with Gasteiger partial charge in [-0.3, -0.25) is 0 Å². The second-order valence-electron chi connectivity index (χ2n) is 4.54. The van der Waals surface area contributed by atoms with Crippen LogP contribution in [0.5, 0.6) is 0 Å². The van der Waals surface area contributed by atoms with E-state index in [-0.39, 0.29) is 0 Å². The van der Waals surface area contributed by atoms with Crippen LogP contribution in [-0.4, -0.2) is 6.54 Å². The summed E-state index contributed by atoms with van der Waals surface area (Å²) in [6.45, 7) is 5.19. The van der Waals surface area contributed by atoms with E-state index in [9.17, 15) is 0 Å². The molecular formula is C15H17Cl2NS. The summed E-state index contributed by atoms with van der Waals surface area (Å²) in [5.74, 6) is 0. The molecule has 102 valence electrons. The topological polar surface area (TPSA) is 12.0 Å². The molecule has 1 heterocycles. The molecule has 0 amide bonds. The van der Waals surface area contributed by atoms with Crippen LogP contribution in [0.2, 0.25) is 10.0 Å². The Bertz CT molecular complexity index is 551. The lowest BCUT2D eigenvalue weighted by Gasteiger charge is -2.18. The van der Waals surface area contributed by atoms with Crippen LogP contribution in [-0.2, 0) is 6.42 Å². The van der Waals surface area contributed by atoms with Crippen LogP contribution in [0.25, 0.3) is 0 Å². The Kier molecular flexibility index (Phi) is 5.28. The maximum atomic E-state index is 6.26. The molecule has 0 bridgehead atoms. The van der Waals surface area contributed by atoms with Crippen molar-refractivity contribution in [3.05, 3.63) is 55.7 Å². The van der Waals surface area contributed by atoms with Gasteiger partial charge in [0.05, 0.1) is 0 Å². The number of thiophene rings is 1. The minimum absolute atomic E-state index is 0.300. The van der Waals surface area contributed by atoms with E-state index in [0.717, 1.165) is 23.6 Å². The zero-order valence-corrected chi connectivity index (χ0v) is 13.4. The van der Waals surface area contributed by atoms with Crippen molar-refractivity contribution in [2.45, 2.75) is 26.3 Å². The number of benzene rings is 1. The van der Waals surface area contributed by atoms with Crippen LogP contribution < -0.4 is 5.32 Å². The Morgan fingerprint density at radius 2 is 2.05 bits per heavy atom. The molecule has 0 aliphatic heterocycles. The quantitative estimate of drug-likeness (QED) is 0.794. The maximum Gasteiger partial charge on any atom is 0.0453 e. The molecule has 1 unspecified atom stereocenters. The number of hydrogen-bond donors (Lipinski definition) is 1. The Balaban J connectivity index is 2.21. The number of rotatable bonds is 5. The molecule has 0 radical (unpaired) electrons. The Morgan fingerprint density at radius 3 is 2.63 bits per heavy atom. The normalized spacial score (nSPS) is 12.6. The fourth-order valence-corrected chi connectivity index (χ4v) is 3.35. The molecule has 0 aliphatic carbocycles. The average molecular weight is 314 g/mol. The van der Waals surface area contributed by atoms with Crippen molar-refractivity contribution < 1.29 is 0 Å². The predicted octanol–water partition coefficient (Wildman–Crippen LogP) is 5.26. The molecule has 1 nitrogen and oxygen atoms in total. The highest BCUT2D eigenvalue weighted by Crippen LogP contribution is 2.28. The molecule has 0 saturated heterocycles. The van der Waals surface area contributed by atoms with Crippen molar-refractivity contribution in [2.24, 2.45) is 0 Å². The maximum absolute atomic E-state index is 6.26. The second-order valence-corrected chi connectivity index (χ2v) is 6.50. The van der Waals surface area contributed by atoms with Crippen molar-refractivity contribution in [3.8, 4) is 0 Å². The molecular weight excluding hydrogens is 297 g/mol. The summed E-state index contributed by atoms with van der Waals surface area (Å²) in [5.41, 5.74) is 2.45. The first kappa shape index (κ1) is 14.9. The monoisotopic (exact) mass is 313 g/mol. The van der Waals surface area contributed by atoms with Crippen LogP contribution in [0.4, 0.5) is 0 Å². The van der Waals surface area contributed by atoms with Crippen molar-refractivity contribution in [1.82, 2.24) is 5.32 Å². The molecule has 2 aromatic rings. The predicted molar refractivity (Wildman–Crippen MR) is 85.6 cm³/mol. The average Bonchev–Trinajstić information content (AvgIpc) is 2.78. The lowest BCUT2D eigenvalue weighted by atomic mass is 10.0. The van der Waals surface area contributed by atoms with Gasteiger partial charge in [-0.1, -0.05) is 36.2 Å². The summed E-state index contributed by atoms with van der Waals surface area (Å²) >= 11 is 14.0. The van der Waals surface area contributed by atoms with Gasteiger partial charge in [-0.05, 0) is 54.6 Å². The molecule has 1 aromatic heterocycles. The van der Waals surface area contributed by atoms with Crippen LogP contribution in [0.1, 0.15) is 29.0 Å². The molecule has 1 atom stereocenters. The van der Waals surface area contributed by atoms with Crippen molar-refractivity contribution >= 4 is 34.5 Å². The van der Waals surface area contributed by atoms with Gasteiger partial charge >= 0.3 is 0 Å². The number of likely N-dealkylation sites (N-methyl/N-ethyl adjacent to an activating group) is 1. The highest BCUT2D eigenvalue weighted by atomic mass is 35.5. The summed E-state index contributed by atoms with van der Waals surface area (Å²) in [7, 11) is 0. The fourth-order valence-electron chi connectivity index (χ4n) is 2.11. The first-order chi connectivity index (χ1) is 9.10. The molecule has 1 N–H and O–H groups in total. The third-order valence-corrected chi connectivity index (χ3v) is 4.51. The lowest BCUT2D eigenvalue weighted by molar-refractivity contribution is 0.551. The van der Waals surface area contributed by atoms with Gasteiger partial charge in [0.2, 0.25) is 0 Å². The minimum Gasteiger partial charge on any atom is -0.310 e. The third kappa shape index (κ3) is 3.96. The highest BCUT2D eigenvalue weighted by molar-refractivity contribution is 7.10. The molecule has 19 heavy (non-hydrogen) atoms. The summed E-state index contributed by atoms with van der Waals surface area (Å²) in [6, 6.07) is 8.25. The van der Waals surface area contributed by atoms with Gasteiger partial charge in [0, 0.05) is 21.0 Å². The van der Waals surface area contributed by atoms with Gasteiger partial charge in [-0.25, -0.2) is 0 Å². The minimum atomic E-state index is 0.300. The first-order valence-electron chi connectivity index (χ1n) is 6.32. The smallest absolute Gasteiger partial charge is 0.0453 e. The third-order valence-electron chi connectivity index (χ3n) is 3.04. The van der Waals surface area contributed by atoms with E-state index < -0.39 is 0 Å². The fraction of sp³-hybridized carbons (Fsp3) is 0.333. The highest BCUT2D eigenvalue weighted by Gasteiger charge is 2.14. The van der Waals surface area contributed by atoms with Gasteiger partial charge in [-0.2, -0.15) is 0 Å². The van der Waals surface area contributed by atoms with Gasteiger partial charge in [0.25, 0.3) is 0 Å². The number of nitrogens with one attached hydrogen (secondary N) is 1. The molecule has 0 saturated carbocycles.